The molecule has 0 saturated carbocycles. The molecule has 3 aromatic rings. The number of nitrogens with zero attached hydrogens (tertiary/aromatic N) is 2. The van der Waals surface area contributed by atoms with Crippen LogP contribution in [0.4, 0.5) is 5.69 Å². The topological polar surface area (TPSA) is 60.4 Å². The molecule has 0 spiro atoms. The average molecular weight is 543 g/mol. The highest BCUT2D eigenvalue weighted by molar-refractivity contribution is 8.18. The molecule has 1 aliphatic rings. The summed E-state index contributed by atoms with van der Waals surface area (Å²) in [7, 11) is 3.16. The van der Waals surface area contributed by atoms with Crippen molar-refractivity contribution in [2.24, 2.45) is 4.99 Å². The summed E-state index contributed by atoms with van der Waals surface area (Å²) in [6, 6.07) is 18.3. The number of carbonyl (C=O) groups is 1. The van der Waals surface area contributed by atoms with Gasteiger partial charge in [0, 0.05) is 11.6 Å². The molecule has 4 rings (SSSR count). The van der Waals surface area contributed by atoms with Crippen LogP contribution in [0.15, 0.2) is 70.6 Å². The molecule has 3 aromatic carbocycles. The van der Waals surface area contributed by atoms with Crippen molar-refractivity contribution in [1.82, 2.24) is 4.90 Å². The van der Waals surface area contributed by atoms with Crippen molar-refractivity contribution < 1.29 is 19.0 Å². The number of likely N-dealkylation sites (N-methyl/N-ethyl adjacent to an activating group) is 1. The summed E-state index contributed by atoms with van der Waals surface area (Å²) >= 11 is 13.8. The summed E-state index contributed by atoms with van der Waals surface area (Å²) < 4.78 is 16.7. The van der Waals surface area contributed by atoms with Crippen molar-refractivity contribution in [2.75, 3.05) is 20.8 Å². The number of benzene rings is 3. The predicted octanol–water partition coefficient (Wildman–Crippen LogP) is 7.21. The molecular formula is C27H24Cl2N2O4S. The second-order valence-corrected chi connectivity index (χ2v) is 9.55. The molecule has 0 N–H and O–H groups in total. The Morgan fingerprint density at radius 2 is 1.72 bits per heavy atom. The van der Waals surface area contributed by atoms with Crippen molar-refractivity contribution in [2.45, 2.75) is 13.5 Å². The number of hydrogen-bond acceptors (Lipinski definition) is 6. The molecule has 1 fully saturated rings. The Balaban J connectivity index is 1.57. The number of amides is 1. The molecule has 1 saturated heterocycles. The summed E-state index contributed by atoms with van der Waals surface area (Å²) in [6.45, 7) is 2.72. The zero-order valence-corrected chi connectivity index (χ0v) is 22.3. The van der Waals surface area contributed by atoms with Gasteiger partial charge in [-0.1, -0.05) is 35.3 Å². The van der Waals surface area contributed by atoms with Crippen LogP contribution in [0.2, 0.25) is 10.0 Å². The highest BCUT2D eigenvalue weighted by Gasteiger charge is 2.32. The van der Waals surface area contributed by atoms with E-state index >= 15 is 0 Å². The maximum atomic E-state index is 13.1. The van der Waals surface area contributed by atoms with Crippen LogP contribution in [0.1, 0.15) is 18.1 Å². The molecular weight excluding hydrogens is 519 g/mol. The third-order valence-corrected chi connectivity index (χ3v) is 6.89. The Kier molecular flexibility index (Phi) is 8.46. The molecule has 186 valence electrons. The van der Waals surface area contributed by atoms with Crippen LogP contribution in [-0.4, -0.2) is 36.7 Å². The van der Waals surface area contributed by atoms with Crippen molar-refractivity contribution in [3.63, 3.8) is 0 Å². The van der Waals surface area contributed by atoms with Crippen LogP contribution in [-0.2, 0) is 11.4 Å². The maximum absolute atomic E-state index is 13.1. The quantitative estimate of drug-likeness (QED) is 0.281. The number of amidine groups is 1. The van der Waals surface area contributed by atoms with Crippen LogP contribution in [0.5, 0.6) is 17.2 Å². The molecule has 1 heterocycles. The number of thioether (sulfide) groups is 1. The molecule has 0 atom stereocenters. The van der Waals surface area contributed by atoms with E-state index in [4.69, 9.17) is 37.4 Å². The predicted molar refractivity (Wildman–Crippen MR) is 147 cm³/mol. The first-order chi connectivity index (χ1) is 17.4. The maximum Gasteiger partial charge on any atom is 0.266 e. The smallest absolute Gasteiger partial charge is 0.266 e. The Bertz CT molecular complexity index is 1310. The van der Waals surface area contributed by atoms with Crippen molar-refractivity contribution >= 4 is 57.8 Å². The van der Waals surface area contributed by atoms with Crippen molar-refractivity contribution in [3.05, 3.63) is 86.7 Å². The third kappa shape index (κ3) is 5.98. The van der Waals surface area contributed by atoms with Gasteiger partial charge in [0.15, 0.2) is 16.7 Å². The lowest BCUT2D eigenvalue weighted by Gasteiger charge is -2.14. The number of halogens is 2. The Morgan fingerprint density at radius 1 is 1.00 bits per heavy atom. The van der Waals surface area contributed by atoms with E-state index in [1.54, 1.807) is 49.5 Å². The molecule has 9 heteroatoms. The molecule has 0 unspecified atom stereocenters. The second kappa shape index (κ2) is 11.7. The molecule has 0 aliphatic carbocycles. The summed E-state index contributed by atoms with van der Waals surface area (Å²) in [5.74, 6) is 1.53. The summed E-state index contributed by atoms with van der Waals surface area (Å²) in [6.07, 6.45) is 1.78. The van der Waals surface area contributed by atoms with Crippen LogP contribution < -0.4 is 14.2 Å². The summed E-state index contributed by atoms with van der Waals surface area (Å²) in [5, 5.41) is 1.65. The van der Waals surface area contributed by atoms with E-state index in [-0.39, 0.29) is 5.91 Å². The number of carbonyl (C=O) groups excluding carboxylic acids is 1. The van der Waals surface area contributed by atoms with Crippen molar-refractivity contribution in [1.29, 1.82) is 0 Å². The molecule has 0 bridgehead atoms. The molecule has 1 amide bonds. The fourth-order valence-corrected chi connectivity index (χ4v) is 4.95. The van der Waals surface area contributed by atoms with Gasteiger partial charge in [-0.25, -0.2) is 4.99 Å². The molecule has 0 aromatic heterocycles. The fraction of sp³-hybridized carbons (Fsp3) is 0.185. The summed E-state index contributed by atoms with van der Waals surface area (Å²) in [5.41, 5.74) is 2.39. The van der Waals surface area contributed by atoms with Gasteiger partial charge >= 0.3 is 0 Å². The van der Waals surface area contributed by atoms with Gasteiger partial charge < -0.3 is 14.2 Å². The monoisotopic (exact) mass is 542 g/mol. The van der Waals surface area contributed by atoms with Crippen LogP contribution >= 0.6 is 35.0 Å². The highest BCUT2D eigenvalue weighted by Crippen LogP contribution is 2.40. The lowest BCUT2D eigenvalue weighted by molar-refractivity contribution is -0.122. The molecule has 36 heavy (non-hydrogen) atoms. The van der Waals surface area contributed by atoms with Crippen LogP contribution in [0, 0.1) is 0 Å². The average Bonchev–Trinajstić information content (AvgIpc) is 3.17. The van der Waals surface area contributed by atoms with Gasteiger partial charge in [0.25, 0.3) is 5.91 Å². The Morgan fingerprint density at radius 3 is 2.36 bits per heavy atom. The van der Waals surface area contributed by atoms with Gasteiger partial charge in [0.05, 0.1) is 29.8 Å². The van der Waals surface area contributed by atoms with E-state index in [1.165, 1.54) is 11.8 Å². The Hall–Kier alpha value is -3.13. The van der Waals surface area contributed by atoms with E-state index in [2.05, 4.69) is 4.99 Å². The minimum absolute atomic E-state index is 0.118. The van der Waals surface area contributed by atoms with Gasteiger partial charge in [-0.05, 0) is 84.4 Å². The van der Waals surface area contributed by atoms with E-state index in [0.29, 0.717) is 50.3 Å². The third-order valence-electron chi connectivity index (χ3n) is 5.35. The first-order valence-electron chi connectivity index (χ1n) is 11.1. The SMILES string of the molecule is CCN1C(=O)/C(=C\c2cc(Cl)c(OCc3ccc(Cl)cc3)c(OC)c2)SC1=Nc1ccc(OC)cc1. The van der Waals surface area contributed by atoms with Crippen molar-refractivity contribution in [3.8, 4) is 17.2 Å². The minimum Gasteiger partial charge on any atom is -0.497 e. The lowest BCUT2D eigenvalue weighted by atomic mass is 10.1. The number of rotatable bonds is 8. The standard InChI is InChI=1S/C27H24Cl2N2O4S/c1-4-31-26(32)24(36-27(31)30-20-9-11-21(33-2)12-10-20)15-18-13-22(29)25(23(14-18)34-3)35-16-17-5-7-19(28)8-6-17/h5-15H,4,16H2,1-3H3/b24-15+,30-27?. The first kappa shape index (κ1) is 25.9. The van der Waals surface area contributed by atoms with E-state index in [0.717, 1.165) is 17.0 Å². The van der Waals surface area contributed by atoms with Gasteiger partial charge in [-0.15, -0.1) is 0 Å². The number of methoxy groups -OCH3 is 2. The molecule has 6 nitrogen and oxygen atoms in total. The van der Waals surface area contributed by atoms with Gasteiger partial charge in [0.2, 0.25) is 0 Å². The second-order valence-electron chi connectivity index (χ2n) is 7.70. The largest absolute Gasteiger partial charge is 0.497 e. The van der Waals surface area contributed by atoms with E-state index < -0.39 is 0 Å². The highest BCUT2D eigenvalue weighted by atomic mass is 35.5. The Labute approximate surface area is 224 Å². The number of ether oxygens (including phenoxy) is 3. The van der Waals surface area contributed by atoms with Gasteiger partial charge in [0.1, 0.15) is 12.4 Å². The van der Waals surface area contributed by atoms with E-state index in [9.17, 15) is 4.79 Å². The van der Waals surface area contributed by atoms with Gasteiger partial charge in [-0.3, -0.25) is 9.69 Å². The lowest BCUT2D eigenvalue weighted by Crippen LogP contribution is -2.28. The fourth-order valence-electron chi connectivity index (χ4n) is 3.49. The zero-order valence-electron chi connectivity index (χ0n) is 20.0. The first-order valence-corrected chi connectivity index (χ1v) is 12.7. The molecule has 0 radical (unpaired) electrons. The van der Waals surface area contributed by atoms with Crippen LogP contribution in [0.3, 0.4) is 0 Å². The summed E-state index contributed by atoms with van der Waals surface area (Å²) in [4.78, 5) is 19.9. The molecule has 1 aliphatic heterocycles. The van der Waals surface area contributed by atoms with Crippen LogP contribution in [0.25, 0.3) is 6.08 Å². The zero-order chi connectivity index (χ0) is 25.7. The normalized spacial score (nSPS) is 15.6. The number of hydrogen-bond donors (Lipinski definition) is 0. The minimum atomic E-state index is -0.118. The van der Waals surface area contributed by atoms with Gasteiger partial charge in [-0.2, -0.15) is 0 Å². The number of aliphatic imine (C=N–C) groups is 1. The van der Waals surface area contributed by atoms with E-state index in [1.807, 2.05) is 43.3 Å².